The van der Waals surface area contributed by atoms with Gasteiger partial charge in [-0.3, -0.25) is 0 Å². The first-order valence-corrected chi connectivity index (χ1v) is 8.23. The number of para-hydroxylation sites is 1. The quantitative estimate of drug-likeness (QED) is 0.860. The summed E-state index contributed by atoms with van der Waals surface area (Å²) < 4.78 is 18.0. The van der Waals surface area contributed by atoms with Crippen molar-refractivity contribution >= 4 is 7.12 Å². The predicted octanol–water partition coefficient (Wildman–Crippen LogP) is 4.11. The standard InChI is InChI=1S/C19H24BNO3/c1-18(2)19(3,4)24-20(23-18)17(21)14-9-8-12-16(13-14)22-15-10-6-5-7-11-15/h5-13,17H,21H2,1-4H3/t17-/m0/s1. The van der Waals surface area contributed by atoms with Crippen molar-refractivity contribution in [2.45, 2.75) is 44.8 Å². The topological polar surface area (TPSA) is 53.7 Å². The minimum atomic E-state index is -0.484. The van der Waals surface area contributed by atoms with Crippen molar-refractivity contribution in [3.63, 3.8) is 0 Å². The third-order valence-corrected chi connectivity index (χ3v) is 4.79. The highest BCUT2D eigenvalue weighted by atomic mass is 16.7. The van der Waals surface area contributed by atoms with E-state index in [0.717, 1.165) is 17.1 Å². The highest BCUT2D eigenvalue weighted by molar-refractivity contribution is 6.47. The van der Waals surface area contributed by atoms with Crippen molar-refractivity contribution in [1.29, 1.82) is 0 Å². The number of hydrogen-bond donors (Lipinski definition) is 1. The van der Waals surface area contributed by atoms with Gasteiger partial charge in [-0.05, 0) is 57.5 Å². The summed E-state index contributed by atoms with van der Waals surface area (Å²) in [5, 5.41) is 0. The van der Waals surface area contributed by atoms with Crippen molar-refractivity contribution in [3.05, 3.63) is 60.2 Å². The Hall–Kier alpha value is -1.82. The summed E-state index contributed by atoms with van der Waals surface area (Å²) in [6, 6.07) is 17.4. The smallest absolute Gasteiger partial charge is 0.457 e. The number of rotatable bonds is 4. The number of benzene rings is 2. The molecule has 2 aromatic carbocycles. The van der Waals surface area contributed by atoms with Crippen molar-refractivity contribution < 1.29 is 14.0 Å². The van der Waals surface area contributed by atoms with Gasteiger partial charge in [0.2, 0.25) is 0 Å². The molecule has 2 N–H and O–H groups in total. The van der Waals surface area contributed by atoms with Crippen LogP contribution in [0.25, 0.3) is 0 Å². The molecule has 3 rings (SSSR count). The second kappa shape index (κ2) is 6.24. The van der Waals surface area contributed by atoms with Crippen LogP contribution in [0.3, 0.4) is 0 Å². The van der Waals surface area contributed by atoms with Gasteiger partial charge >= 0.3 is 7.12 Å². The van der Waals surface area contributed by atoms with E-state index in [1.807, 2.05) is 82.3 Å². The molecule has 0 radical (unpaired) electrons. The predicted molar refractivity (Wildman–Crippen MR) is 96.0 cm³/mol. The first-order valence-electron chi connectivity index (χ1n) is 8.23. The maximum atomic E-state index is 6.40. The normalized spacial score (nSPS) is 20.0. The lowest BCUT2D eigenvalue weighted by Gasteiger charge is -2.32. The van der Waals surface area contributed by atoms with Crippen molar-refractivity contribution in [2.24, 2.45) is 5.73 Å². The summed E-state index contributed by atoms with van der Waals surface area (Å²) >= 11 is 0. The lowest BCUT2D eigenvalue weighted by Crippen LogP contribution is -2.41. The fourth-order valence-corrected chi connectivity index (χ4v) is 2.60. The average molecular weight is 325 g/mol. The number of ether oxygens (including phenoxy) is 1. The van der Waals surface area contributed by atoms with Gasteiger partial charge in [-0.25, -0.2) is 0 Å². The van der Waals surface area contributed by atoms with Crippen molar-refractivity contribution in [3.8, 4) is 11.5 Å². The molecule has 0 unspecified atom stereocenters. The summed E-state index contributed by atoms with van der Waals surface area (Å²) in [6.07, 6.45) is 0. The van der Waals surface area contributed by atoms with Gasteiger partial charge in [0.05, 0.1) is 17.1 Å². The molecule has 0 saturated carbocycles. The van der Waals surface area contributed by atoms with Crippen molar-refractivity contribution in [2.75, 3.05) is 0 Å². The lowest BCUT2D eigenvalue weighted by atomic mass is 9.75. The van der Waals surface area contributed by atoms with Gasteiger partial charge in [-0.15, -0.1) is 0 Å². The zero-order chi connectivity index (χ0) is 17.4. The Balaban J connectivity index is 1.77. The van der Waals surface area contributed by atoms with Gasteiger partial charge in [0.1, 0.15) is 11.5 Å². The van der Waals surface area contributed by atoms with Crippen molar-refractivity contribution in [1.82, 2.24) is 0 Å². The molecule has 2 aromatic rings. The Morgan fingerprint density at radius 1 is 0.875 bits per heavy atom. The fraction of sp³-hybridized carbons (Fsp3) is 0.368. The van der Waals surface area contributed by atoms with Crippen LogP contribution >= 0.6 is 0 Å². The van der Waals surface area contributed by atoms with Gasteiger partial charge in [-0.2, -0.15) is 0 Å². The second-order valence-corrected chi connectivity index (χ2v) is 7.14. The van der Waals surface area contributed by atoms with Crippen LogP contribution in [0.2, 0.25) is 0 Å². The van der Waals surface area contributed by atoms with Crippen LogP contribution in [0.1, 0.15) is 39.2 Å². The Bertz CT molecular complexity index is 687. The highest BCUT2D eigenvalue weighted by Crippen LogP contribution is 2.39. The second-order valence-electron chi connectivity index (χ2n) is 7.14. The first kappa shape index (κ1) is 17.0. The van der Waals surface area contributed by atoms with Crippen LogP contribution in [0.5, 0.6) is 11.5 Å². The third kappa shape index (κ3) is 3.34. The molecule has 1 heterocycles. The minimum absolute atomic E-state index is 0.384. The van der Waals surface area contributed by atoms with Crippen LogP contribution in [0.15, 0.2) is 54.6 Å². The Morgan fingerprint density at radius 3 is 2.08 bits per heavy atom. The van der Waals surface area contributed by atoms with Gasteiger partial charge in [0, 0.05) is 0 Å². The van der Waals surface area contributed by atoms with Gasteiger partial charge in [0.15, 0.2) is 0 Å². The number of nitrogens with two attached hydrogens (primary N) is 1. The van der Waals surface area contributed by atoms with E-state index in [0.29, 0.717) is 0 Å². The Kier molecular flexibility index (Phi) is 4.43. The molecule has 0 aliphatic carbocycles. The van der Waals surface area contributed by atoms with E-state index in [2.05, 4.69) is 0 Å². The Morgan fingerprint density at radius 2 is 1.46 bits per heavy atom. The maximum Gasteiger partial charge on any atom is 0.480 e. The lowest BCUT2D eigenvalue weighted by molar-refractivity contribution is 0.00578. The summed E-state index contributed by atoms with van der Waals surface area (Å²) in [7, 11) is -0.484. The first-order chi connectivity index (χ1) is 11.3. The molecule has 0 aromatic heterocycles. The Labute approximate surface area is 144 Å². The van der Waals surface area contributed by atoms with E-state index in [1.165, 1.54) is 0 Å². The molecule has 1 fully saturated rings. The molecular weight excluding hydrogens is 301 g/mol. The summed E-state index contributed by atoms with van der Waals surface area (Å²) in [5.74, 6) is 1.15. The molecule has 0 amide bonds. The molecular formula is C19H24BNO3. The molecule has 4 nitrogen and oxygen atoms in total. The molecule has 24 heavy (non-hydrogen) atoms. The average Bonchev–Trinajstić information content (AvgIpc) is 2.76. The van der Waals surface area contributed by atoms with Crippen LogP contribution in [-0.4, -0.2) is 18.3 Å². The van der Waals surface area contributed by atoms with E-state index in [9.17, 15) is 0 Å². The SMILES string of the molecule is CC1(C)OB([C@@H](N)c2cccc(Oc3ccccc3)c2)OC1(C)C. The molecule has 1 aliphatic heterocycles. The van der Waals surface area contributed by atoms with Crippen LogP contribution in [0, 0.1) is 0 Å². The van der Waals surface area contributed by atoms with E-state index in [-0.39, 0.29) is 5.94 Å². The molecule has 1 aliphatic rings. The zero-order valence-corrected chi connectivity index (χ0v) is 14.7. The zero-order valence-electron chi connectivity index (χ0n) is 14.7. The van der Waals surface area contributed by atoms with Crippen LogP contribution in [0.4, 0.5) is 0 Å². The van der Waals surface area contributed by atoms with Crippen LogP contribution in [-0.2, 0) is 9.31 Å². The highest BCUT2D eigenvalue weighted by Gasteiger charge is 2.53. The molecule has 5 heteroatoms. The van der Waals surface area contributed by atoms with Crippen LogP contribution < -0.4 is 10.5 Å². The monoisotopic (exact) mass is 325 g/mol. The number of hydrogen-bond acceptors (Lipinski definition) is 4. The minimum Gasteiger partial charge on any atom is -0.457 e. The van der Waals surface area contributed by atoms with E-state index < -0.39 is 18.3 Å². The largest absolute Gasteiger partial charge is 0.480 e. The fourth-order valence-electron chi connectivity index (χ4n) is 2.60. The summed E-state index contributed by atoms with van der Waals surface area (Å²) in [6.45, 7) is 8.09. The van der Waals surface area contributed by atoms with Gasteiger partial charge in [0.25, 0.3) is 0 Å². The molecule has 126 valence electrons. The summed E-state index contributed by atoms with van der Waals surface area (Å²) in [5.41, 5.74) is 6.53. The molecule has 0 bridgehead atoms. The maximum absolute atomic E-state index is 6.40. The summed E-state index contributed by atoms with van der Waals surface area (Å²) in [4.78, 5) is 0. The molecule has 1 atom stereocenters. The van der Waals surface area contributed by atoms with E-state index in [1.54, 1.807) is 0 Å². The molecule has 1 saturated heterocycles. The van der Waals surface area contributed by atoms with E-state index >= 15 is 0 Å². The third-order valence-electron chi connectivity index (χ3n) is 4.79. The molecule has 0 spiro atoms. The van der Waals surface area contributed by atoms with E-state index in [4.69, 9.17) is 19.8 Å². The van der Waals surface area contributed by atoms with Gasteiger partial charge < -0.3 is 19.8 Å². The van der Waals surface area contributed by atoms with Gasteiger partial charge in [-0.1, -0.05) is 30.3 Å².